The minimum absolute atomic E-state index is 0.0868. The van der Waals surface area contributed by atoms with Crippen LogP contribution in [-0.2, 0) is 4.79 Å². The van der Waals surface area contributed by atoms with Crippen molar-refractivity contribution >= 4 is 22.4 Å². The van der Waals surface area contributed by atoms with Crippen molar-refractivity contribution in [2.24, 2.45) is 11.7 Å². The number of hydrogen-bond donors (Lipinski definition) is 2. The van der Waals surface area contributed by atoms with E-state index < -0.39 is 0 Å². The number of carbonyl (C=O) groups excluding carboxylic acids is 1. The maximum absolute atomic E-state index is 12.0. The second-order valence-electron chi connectivity index (χ2n) is 5.48. The summed E-state index contributed by atoms with van der Waals surface area (Å²) in [6, 6.07) is 12.5. The van der Waals surface area contributed by atoms with Crippen molar-refractivity contribution < 1.29 is 4.79 Å². The molecular weight excluding hydrogens is 236 g/mol. The standard InChI is InChI=1S/C16H18N2O/c1-10-2-3-12-9-15(5-4-11(12)6-10)18-16(19)13-7-14(17)8-13/h2-6,9,13-14H,7-8,17H2,1H3,(H,18,19). The van der Waals surface area contributed by atoms with E-state index in [1.54, 1.807) is 0 Å². The number of hydrogen-bond acceptors (Lipinski definition) is 2. The molecule has 0 heterocycles. The molecule has 1 fully saturated rings. The van der Waals surface area contributed by atoms with Gasteiger partial charge in [-0.3, -0.25) is 4.79 Å². The highest BCUT2D eigenvalue weighted by molar-refractivity contribution is 5.96. The van der Waals surface area contributed by atoms with Gasteiger partial charge in [0.05, 0.1) is 0 Å². The van der Waals surface area contributed by atoms with Crippen LogP contribution in [0.2, 0.25) is 0 Å². The van der Waals surface area contributed by atoms with E-state index in [1.165, 1.54) is 10.9 Å². The van der Waals surface area contributed by atoms with Crippen LogP contribution in [0.1, 0.15) is 18.4 Å². The number of nitrogens with one attached hydrogen (secondary N) is 1. The predicted molar refractivity (Wildman–Crippen MR) is 78.0 cm³/mol. The van der Waals surface area contributed by atoms with Crippen LogP contribution in [-0.4, -0.2) is 11.9 Å². The summed E-state index contributed by atoms with van der Waals surface area (Å²) in [5.41, 5.74) is 7.81. The fourth-order valence-corrected chi connectivity index (χ4v) is 2.56. The molecule has 3 heteroatoms. The summed E-state index contributed by atoms with van der Waals surface area (Å²) < 4.78 is 0. The molecule has 3 N–H and O–H groups in total. The Balaban J connectivity index is 1.78. The average molecular weight is 254 g/mol. The van der Waals surface area contributed by atoms with Crippen molar-refractivity contribution in [3.05, 3.63) is 42.0 Å². The van der Waals surface area contributed by atoms with Crippen molar-refractivity contribution in [3.63, 3.8) is 0 Å². The summed E-state index contributed by atoms with van der Waals surface area (Å²) >= 11 is 0. The van der Waals surface area contributed by atoms with Crippen molar-refractivity contribution in [1.29, 1.82) is 0 Å². The van der Waals surface area contributed by atoms with Gasteiger partial charge in [-0.2, -0.15) is 0 Å². The van der Waals surface area contributed by atoms with E-state index in [0.717, 1.165) is 23.9 Å². The van der Waals surface area contributed by atoms with Gasteiger partial charge in [0.2, 0.25) is 5.91 Å². The van der Waals surface area contributed by atoms with E-state index in [4.69, 9.17) is 5.73 Å². The maximum Gasteiger partial charge on any atom is 0.227 e. The SMILES string of the molecule is Cc1ccc2cc(NC(=O)C3CC(N)C3)ccc2c1. The number of amides is 1. The fraction of sp³-hybridized carbons (Fsp3) is 0.312. The minimum atomic E-state index is 0.0868. The molecule has 1 aliphatic carbocycles. The quantitative estimate of drug-likeness (QED) is 0.865. The summed E-state index contributed by atoms with van der Waals surface area (Å²) in [4.78, 5) is 12.0. The van der Waals surface area contributed by atoms with E-state index in [2.05, 4.69) is 30.4 Å². The number of benzene rings is 2. The molecule has 3 rings (SSSR count). The third-order valence-electron chi connectivity index (χ3n) is 3.81. The van der Waals surface area contributed by atoms with Crippen LogP contribution in [0.4, 0.5) is 5.69 Å². The Bertz CT molecular complexity index is 630. The summed E-state index contributed by atoms with van der Waals surface area (Å²) in [6.45, 7) is 2.08. The molecule has 2 aromatic carbocycles. The molecule has 98 valence electrons. The number of aryl methyl sites for hydroxylation is 1. The molecule has 0 aromatic heterocycles. The Morgan fingerprint density at radius 2 is 1.84 bits per heavy atom. The third-order valence-corrected chi connectivity index (χ3v) is 3.81. The summed E-state index contributed by atoms with van der Waals surface area (Å²) in [5, 5.41) is 5.32. The van der Waals surface area contributed by atoms with E-state index in [0.29, 0.717) is 0 Å². The van der Waals surface area contributed by atoms with Crippen LogP contribution in [0.15, 0.2) is 36.4 Å². The van der Waals surface area contributed by atoms with Gasteiger partial charge in [0.1, 0.15) is 0 Å². The molecule has 2 aromatic rings. The largest absolute Gasteiger partial charge is 0.328 e. The molecule has 0 unspecified atom stereocenters. The van der Waals surface area contributed by atoms with E-state index in [9.17, 15) is 4.79 Å². The lowest BCUT2D eigenvalue weighted by molar-refractivity contribution is -0.122. The van der Waals surface area contributed by atoms with Crippen molar-refractivity contribution in [2.75, 3.05) is 5.32 Å². The summed E-state index contributed by atoms with van der Waals surface area (Å²) in [7, 11) is 0. The molecular formula is C16H18N2O. The molecule has 1 amide bonds. The summed E-state index contributed by atoms with van der Waals surface area (Å²) in [5.74, 6) is 0.178. The monoisotopic (exact) mass is 254 g/mol. The van der Waals surface area contributed by atoms with Gasteiger partial charge in [-0.05, 0) is 42.7 Å². The molecule has 0 spiro atoms. The molecule has 19 heavy (non-hydrogen) atoms. The Labute approximate surface area is 112 Å². The first-order valence-electron chi connectivity index (χ1n) is 6.69. The first-order valence-corrected chi connectivity index (χ1v) is 6.69. The Morgan fingerprint density at radius 3 is 2.58 bits per heavy atom. The zero-order valence-electron chi connectivity index (χ0n) is 11.0. The smallest absolute Gasteiger partial charge is 0.227 e. The first-order chi connectivity index (χ1) is 9.11. The number of anilines is 1. The lowest BCUT2D eigenvalue weighted by atomic mass is 9.80. The second kappa shape index (κ2) is 4.67. The van der Waals surface area contributed by atoms with Gasteiger partial charge < -0.3 is 11.1 Å². The van der Waals surface area contributed by atoms with Gasteiger partial charge >= 0.3 is 0 Å². The van der Waals surface area contributed by atoms with Crippen LogP contribution in [0.5, 0.6) is 0 Å². The summed E-state index contributed by atoms with van der Waals surface area (Å²) in [6.07, 6.45) is 1.61. The molecule has 1 saturated carbocycles. The molecule has 0 bridgehead atoms. The van der Waals surface area contributed by atoms with Gasteiger partial charge in [0.15, 0.2) is 0 Å². The zero-order valence-corrected chi connectivity index (χ0v) is 11.0. The van der Waals surface area contributed by atoms with Crippen molar-refractivity contribution in [1.82, 2.24) is 0 Å². The van der Waals surface area contributed by atoms with Gasteiger partial charge in [-0.15, -0.1) is 0 Å². The minimum Gasteiger partial charge on any atom is -0.328 e. The topological polar surface area (TPSA) is 55.1 Å². The normalized spacial score (nSPS) is 22.0. The first kappa shape index (κ1) is 12.2. The molecule has 1 aliphatic rings. The Kier molecular flexibility index (Phi) is 2.99. The maximum atomic E-state index is 12.0. The van der Waals surface area contributed by atoms with Crippen LogP contribution < -0.4 is 11.1 Å². The third kappa shape index (κ3) is 2.47. The van der Waals surface area contributed by atoms with Gasteiger partial charge in [-0.25, -0.2) is 0 Å². The van der Waals surface area contributed by atoms with E-state index >= 15 is 0 Å². The highest BCUT2D eigenvalue weighted by atomic mass is 16.1. The number of fused-ring (bicyclic) bond motifs is 1. The van der Waals surface area contributed by atoms with Gasteiger partial charge in [0.25, 0.3) is 0 Å². The van der Waals surface area contributed by atoms with Crippen LogP contribution >= 0.6 is 0 Å². The lowest BCUT2D eigenvalue weighted by Crippen LogP contribution is -2.42. The molecule has 0 aliphatic heterocycles. The molecule has 3 nitrogen and oxygen atoms in total. The Morgan fingerprint density at radius 1 is 1.16 bits per heavy atom. The highest BCUT2D eigenvalue weighted by Gasteiger charge is 2.31. The zero-order chi connectivity index (χ0) is 13.4. The number of nitrogens with two attached hydrogens (primary N) is 1. The molecule has 0 atom stereocenters. The predicted octanol–water partition coefficient (Wildman–Crippen LogP) is 2.82. The Hall–Kier alpha value is -1.87. The lowest BCUT2D eigenvalue weighted by Gasteiger charge is -2.31. The van der Waals surface area contributed by atoms with Crippen LogP contribution in [0, 0.1) is 12.8 Å². The molecule has 0 saturated heterocycles. The average Bonchev–Trinajstić information content (AvgIpc) is 2.35. The fourth-order valence-electron chi connectivity index (χ4n) is 2.56. The number of rotatable bonds is 2. The second-order valence-corrected chi connectivity index (χ2v) is 5.48. The van der Waals surface area contributed by atoms with E-state index in [1.807, 2.05) is 18.2 Å². The van der Waals surface area contributed by atoms with Crippen LogP contribution in [0.25, 0.3) is 10.8 Å². The molecule has 0 radical (unpaired) electrons. The highest BCUT2D eigenvalue weighted by Crippen LogP contribution is 2.27. The van der Waals surface area contributed by atoms with Gasteiger partial charge in [0, 0.05) is 17.6 Å². The van der Waals surface area contributed by atoms with Crippen molar-refractivity contribution in [3.8, 4) is 0 Å². The van der Waals surface area contributed by atoms with Gasteiger partial charge in [-0.1, -0.05) is 29.8 Å². The van der Waals surface area contributed by atoms with E-state index in [-0.39, 0.29) is 17.9 Å². The van der Waals surface area contributed by atoms with Crippen LogP contribution in [0.3, 0.4) is 0 Å². The van der Waals surface area contributed by atoms with Crippen molar-refractivity contribution in [2.45, 2.75) is 25.8 Å². The number of carbonyl (C=O) groups is 1.